The Bertz CT molecular complexity index is 785. The lowest BCUT2D eigenvalue weighted by Gasteiger charge is -2.19. The summed E-state index contributed by atoms with van der Waals surface area (Å²) in [5, 5.41) is 0.618. The molecule has 2 rings (SSSR count). The molecule has 0 N–H and O–H groups in total. The maximum absolute atomic E-state index is 12.5. The molecule has 0 atom stereocenters. The summed E-state index contributed by atoms with van der Waals surface area (Å²) in [5.41, 5.74) is 0.748. The molecule has 0 aliphatic carbocycles. The van der Waals surface area contributed by atoms with Gasteiger partial charge in [0.25, 0.3) is 0 Å². The van der Waals surface area contributed by atoms with Gasteiger partial charge < -0.3 is 0 Å². The summed E-state index contributed by atoms with van der Waals surface area (Å²) in [6, 6.07) is 9.07. The molecule has 0 aromatic heterocycles. The van der Waals surface area contributed by atoms with Crippen molar-refractivity contribution in [2.75, 3.05) is 12.5 Å². The molecule has 0 unspecified atom stereocenters. The molecule has 0 bridgehead atoms. The molecular weight excluding hydrogens is 340 g/mol. The first kappa shape index (κ1) is 16.7. The third kappa shape index (κ3) is 2.37. The zero-order chi connectivity index (χ0) is 16.3. The second kappa shape index (κ2) is 4.64. The van der Waals surface area contributed by atoms with Gasteiger partial charge in [-0.1, -0.05) is 54.8 Å². The smallest absolute Gasteiger partial charge is 0.234 e. The molecule has 0 radical (unpaired) electrons. The quantitative estimate of drug-likeness (QED) is 0.770. The number of rotatable bonds is 4. The van der Waals surface area contributed by atoms with E-state index in [1.165, 1.54) is 0 Å². The minimum absolute atomic E-state index is 0.618. The molecule has 116 valence electrons. The molecule has 8 heteroatoms. The molecule has 1 aromatic rings. The molecule has 0 saturated carbocycles. The van der Waals surface area contributed by atoms with Crippen LogP contribution in [0.3, 0.4) is 0 Å². The number of hydrogen-bond acceptors (Lipinski definition) is 4. The van der Waals surface area contributed by atoms with Gasteiger partial charge in [0.15, 0.2) is 0 Å². The Hall–Kier alpha value is -0.706. The highest BCUT2D eigenvalue weighted by Crippen LogP contribution is 2.57. The molecule has 21 heavy (non-hydrogen) atoms. The van der Waals surface area contributed by atoms with Crippen molar-refractivity contribution < 1.29 is 16.8 Å². The van der Waals surface area contributed by atoms with Crippen LogP contribution in [0, 0.1) is 0 Å². The van der Waals surface area contributed by atoms with E-state index in [-0.39, 0.29) is 0 Å². The fourth-order valence-corrected chi connectivity index (χ4v) is 36.0. The maximum Gasteiger partial charge on any atom is 0.379 e. The van der Waals surface area contributed by atoms with Gasteiger partial charge in [-0.05, 0) is 10.8 Å². The van der Waals surface area contributed by atoms with Gasteiger partial charge in [0.2, 0.25) is 0 Å². The van der Waals surface area contributed by atoms with Gasteiger partial charge in [-0.25, -0.2) is 16.8 Å². The Labute approximate surface area is 128 Å². The van der Waals surface area contributed by atoms with E-state index in [1.54, 1.807) is 12.1 Å². The number of hydrogen-bond donors (Lipinski definition) is 0. The highest BCUT2D eigenvalue weighted by atomic mass is 32.6. The molecule has 0 spiro atoms. The number of benzene rings is 1. The molecule has 4 nitrogen and oxygen atoms in total. The minimum atomic E-state index is -3.67. The summed E-state index contributed by atoms with van der Waals surface area (Å²) >= 11 is 0. The summed E-state index contributed by atoms with van der Waals surface area (Å²) in [4.78, 5) is 0.756. The molecule has 1 aliphatic rings. The molecule has 1 aromatic carbocycles. The van der Waals surface area contributed by atoms with E-state index in [9.17, 15) is 16.8 Å². The van der Waals surface area contributed by atoms with Crippen LogP contribution in [0.2, 0.25) is 19.6 Å². The summed E-state index contributed by atoms with van der Waals surface area (Å²) in [5.74, 6) is 0. The van der Waals surface area contributed by atoms with E-state index in [4.69, 9.17) is 0 Å². The zero-order valence-corrected chi connectivity index (χ0v) is 16.5. The van der Waals surface area contributed by atoms with Crippen molar-refractivity contribution in [3.05, 3.63) is 40.7 Å². The fourth-order valence-electron chi connectivity index (χ4n) is 3.07. The third-order valence-corrected chi connectivity index (χ3v) is 28.3. The normalized spacial score (nSPS) is 18.7. The van der Waals surface area contributed by atoms with Gasteiger partial charge in [-0.2, -0.15) is 0 Å². The average Bonchev–Trinajstić information content (AvgIpc) is 2.99. The lowest BCUT2D eigenvalue weighted by atomic mass is 10.2. The molecule has 1 aliphatic heterocycles. The van der Waals surface area contributed by atoms with Crippen molar-refractivity contribution in [1.29, 1.82) is 0 Å². The van der Waals surface area contributed by atoms with E-state index >= 15 is 0 Å². The van der Waals surface area contributed by atoms with E-state index in [0.29, 0.717) is 5.20 Å². The maximum atomic E-state index is 12.5. The first-order chi connectivity index (χ1) is 9.35. The van der Waals surface area contributed by atoms with Gasteiger partial charge in [0, 0.05) is 12.5 Å². The second-order valence-electron chi connectivity index (χ2n) is 6.53. The Morgan fingerprint density at radius 3 is 1.57 bits per heavy atom. The summed E-state index contributed by atoms with van der Waals surface area (Å²) in [7, 11) is -9.38. The van der Waals surface area contributed by atoms with Gasteiger partial charge in [0.1, 0.15) is 18.6 Å². The van der Waals surface area contributed by atoms with Crippen molar-refractivity contribution in [2.24, 2.45) is 0 Å². The first-order valence-corrected chi connectivity index (χ1v) is 17.3. The van der Waals surface area contributed by atoms with Crippen molar-refractivity contribution >= 4 is 38.2 Å². The lowest BCUT2D eigenvalue weighted by molar-refractivity contribution is 0.610. The van der Waals surface area contributed by atoms with Gasteiger partial charge in [-0.3, -0.25) is 0 Å². The van der Waals surface area contributed by atoms with Crippen LogP contribution in [0.15, 0.2) is 35.2 Å². The SMILES string of the molecule is C[Si](C)(C)C1=C(c2ccccc2)[Si]1(S(C)(=O)=O)S(C)(=O)=O. The Morgan fingerprint density at radius 2 is 1.29 bits per heavy atom. The molecule has 0 fully saturated rings. The van der Waals surface area contributed by atoms with Crippen LogP contribution in [0.1, 0.15) is 5.56 Å². The van der Waals surface area contributed by atoms with Crippen LogP contribution in [0.5, 0.6) is 0 Å². The predicted octanol–water partition coefficient (Wildman–Crippen LogP) is 1.94. The summed E-state index contributed by atoms with van der Waals surface area (Å²) in [6.45, 7) is 6.03. The standard InChI is InChI=1S/C13H20O4S2Si2/c1-18(14,15)21(19(2,16)17)12(13(21)20(3,4)5)11-9-7-6-8-10-11/h6-10H,1-5H3. The summed E-state index contributed by atoms with van der Waals surface area (Å²) < 4.78 is 49.9. The summed E-state index contributed by atoms with van der Waals surface area (Å²) in [6.07, 6.45) is -1.49. The van der Waals surface area contributed by atoms with Crippen LogP contribution in [-0.2, 0) is 18.6 Å². The highest BCUT2D eigenvalue weighted by molar-refractivity contribution is 8.56. The van der Waals surface area contributed by atoms with E-state index in [2.05, 4.69) is 0 Å². The van der Waals surface area contributed by atoms with Crippen LogP contribution in [-0.4, -0.2) is 43.8 Å². The van der Waals surface area contributed by atoms with Crippen molar-refractivity contribution in [3.8, 4) is 0 Å². The third-order valence-electron chi connectivity index (χ3n) is 3.70. The van der Waals surface area contributed by atoms with Crippen molar-refractivity contribution in [1.82, 2.24) is 0 Å². The van der Waals surface area contributed by atoms with Crippen molar-refractivity contribution in [3.63, 3.8) is 0 Å². The van der Waals surface area contributed by atoms with Crippen molar-refractivity contribution in [2.45, 2.75) is 19.6 Å². The fraction of sp³-hybridized carbons (Fsp3) is 0.385. The van der Waals surface area contributed by atoms with Gasteiger partial charge in [-0.15, -0.1) is 0 Å². The van der Waals surface area contributed by atoms with Crippen LogP contribution in [0.4, 0.5) is 0 Å². The topological polar surface area (TPSA) is 68.3 Å². The zero-order valence-electron chi connectivity index (χ0n) is 12.8. The highest BCUT2D eigenvalue weighted by Gasteiger charge is 2.75. The average molecular weight is 361 g/mol. The molecular formula is C13H20O4S2Si2. The largest absolute Gasteiger partial charge is 0.379 e. The van der Waals surface area contributed by atoms with Crippen LogP contribution >= 0.6 is 0 Å². The molecule has 0 saturated heterocycles. The van der Waals surface area contributed by atoms with Gasteiger partial charge in [0.05, 0.1) is 8.07 Å². The second-order valence-corrected chi connectivity index (χ2v) is 26.2. The van der Waals surface area contributed by atoms with E-state index in [1.807, 2.05) is 37.8 Å². The predicted molar refractivity (Wildman–Crippen MR) is 92.1 cm³/mol. The molecule has 0 amide bonds. The van der Waals surface area contributed by atoms with Crippen LogP contribution < -0.4 is 0 Å². The monoisotopic (exact) mass is 360 g/mol. The molecule has 1 heterocycles. The lowest BCUT2D eigenvalue weighted by Crippen LogP contribution is -2.46. The van der Waals surface area contributed by atoms with E-state index in [0.717, 1.165) is 22.9 Å². The van der Waals surface area contributed by atoms with Crippen LogP contribution in [0.25, 0.3) is 5.20 Å². The first-order valence-electron chi connectivity index (χ1n) is 6.55. The van der Waals surface area contributed by atoms with Gasteiger partial charge >= 0.3 is 6.37 Å². The Kier molecular flexibility index (Phi) is 3.68. The Balaban J connectivity index is 2.84. The van der Waals surface area contributed by atoms with E-state index < -0.39 is 33.0 Å². The Morgan fingerprint density at radius 1 is 0.857 bits per heavy atom. The minimum Gasteiger partial charge on any atom is -0.234 e.